The van der Waals surface area contributed by atoms with E-state index in [4.69, 9.17) is 9.72 Å². The molecule has 3 aromatic rings. The van der Waals surface area contributed by atoms with E-state index in [2.05, 4.69) is 15.6 Å². The fourth-order valence-corrected chi connectivity index (χ4v) is 4.41. The van der Waals surface area contributed by atoms with Crippen LogP contribution in [0, 0.1) is 19.8 Å². The van der Waals surface area contributed by atoms with Gasteiger partial charge in [-0.3, -0.25) is 9.78 Å². The number of aryl methyl sites for hydroxylation is 2. The molecule has 1 amide bonds. The number of allylic oxidation sites excluding steroid dienone is 1. The SMILES string of the molecule is C/C=C\Nc1cc(C)nc2c(OCc3c(C)ccnc3CNC(=O)C3CCCC3)cccc12. The summed E-state index contributed by atoms with van der Waals surface area (Å²) in [6.07, 6.45) is 9.92. The molecule has 0 radical (unpaired) electrons. The monoisotopic (exact) mass is 444 g/mol. The summed E-state index contributed by atoms with van der Waals surface area (Å²) >= 11 is 0. The van der Waals surface area contributed by atoms with Crippen molar-refractivity contribution >= 4 is 22.5 Å². The van der Waals surface area contributed by atoms with Gasteiger partial charge in [0.05, 0.1) is 12.2 Å². The van der Waals surface area contributed by atoms with E-state index in [1.807, 2.05) is 63.4 Å². The molecule has 1 fully saturated rings. The van der Waals surface area contributed by atoms with Gasteiger partial charge in [0.2, 0.25) is 5.91 Å². The molecule has 0 spiro atoms. The summed E-state index contributed by atoms with van der Waals surface area (Å²) in [4.78, 5) is 21.8. The fraction of sp³-hybridized carbons (Fsp3) is 0.370. The van der Waals surface area contributed by atoms with Crippen LogP contribution in [-0.4, -0.2) is 15.9 Å². The first-order valence-electron chi connectivity index (χ1n) is 11.7. The third-order valence-corrected chi connectivity index (χ3v) is 6.24. The lowest BCUT2D eigenvalue weighted by Gasteiger charge is -2.16. The number of benzene rings is 1. The number of carbonyl (C=O) groups is 1. The molecule has 0 aliphatic heterocycles. The van der Waals surface area contributed by atoms with Crippen LogP contribution >= 0.6 is 0 Å². The van der Waals surface area contributed by atoms with E-state index in [-0.39, 0.29) is 11.8 Å². The second-order valence-corrected chi connectivity index (χ2v) is 8.65. The molecule has 33 heavy (non-hydrogen) atoms. The molecule has 2 heterocycles. The first kappa shape index (κ1) is 22.8. The van der Waals surface area contributed by atoms with Crippen LogP contribution in [0.25, 0.3) is 10.9 Å². The molecular weight excluding hydrogens is 412 g/mol. The Morgan fingerprint density at radius 2 is 2.03 bits per heavy atom. The fourth-order valence-electron chi connectivity index (χ4n) is 4.41. The molecule has 4 rings (SSSR count). The second-order valence-electron chi connectivity index (χ2n) is 8.65. The number of para-hydroxylation sites is 1. The van der Waals surface area contributed by atoms with Crippen LogP contribution in [0.5, 0.6) is 5.75 Å². The minimum Gasteiger partial charge on any atom is -0.487 e. The number of nitrogens with zero attached hydrogens (tertiary/aromatic N) is 2. The summed E-state index contributed by atoms with van der Waals surface area (Å²) in [5, 5.41) is 7.41. The minimum atomic E-state index is 0.137. The average molecular weight is 445 g/mol. The molecule has 2 N–H and O–H groups in total. The summed E-state index contributed by atoms with van der Waals surface area (Å²) in [5.74, 6) is 1.01. The maximum atomic E-state index is 12.5. The largest absolute Gasteiger partial charge is 0.487 e. The van der Waals surface area contributed by atoms with Crippen molar-refractivity contribution in [3.8, 4) is 5.75 Å². The number of ether oxygens (including phenoxy) is 1. The summed E-state index contributed by atoms with van der Waals surface area (Å²) < 4.78 is 6.29. The number of amides is 1. The maximum Gasteiger partial charge on any atom is 0.223 e. The van der Waals surface area contributed by atoms with E-state index < -0.39 is 0 Å². The van der Waals surface area contributed by atoms with Crippen molar-refractivity contribution in [2.45, 2.75) is 59.6 Å². The van der Waals surface area contributed by atoms with Gasteiger partial charge in [0, 0.05) is 34.4 Å². The zero-order valence-electron chi connectivity index (χ0n) is 19.6. The average Bonchev–Trinajstić information content (AvgIpc) is 3.35. The highest BCUT2D eigenvalue weighted by molar-refractivity contribution is 5.95. The molecule has 2 aromatic heterocycles. The van der Waals surface area contributed by atoms with Gasteiger partial charge in [0.1, 0.15) is 17.9 Å². The lowest BCUT2D eigenvalue weighted by molar-refractivity contribution is -0.125. The highest BCUT2D eigenvalue weighted by Crippen LogP contribution is 2.31. The topological polar surface area (TPSA) is 76.1 Å². The Kier molecular flexibility index (Phi) is 7.23. The third kappa shape index (κ3) is 5.33. The van der Waals surface area contributed by atoms with E-state index in [0.29, 0.717) is 13.2 Å². The van der Waals surface area contributed by atoms with Gasteiger partial charge in [-0.05, 0) is 63.6 Å². The molecule has 1 aliphatic rings. The molecule has 172 valence electrons. The summed E-state index contributed by atoms with van der Waals surface area (Å²) in [6, 6.07) is 9.98. The molecule has 6 heteroatoms. The van der Waals surface area contributed by atoms with Crippen molar-refractivity contribution in [2.75, 3.05) is 5.32 Å². The molecule has 6 nitrogen and oxygen atoms in total. The van der Waals surface area contributed by atoms with E-state index in [9.17, 15) is 4.79 Å². The van der Waals surface area contributed by atoms with Crippen molar-refractivity contribution in [3.05, 3.63) is 71.3 Å². The zero-order valence-corrected chi connectivity index (χ0v) is 19.6. The lowest BCUT2D eigenvalue weighted by atomic mass is 10.1. The third-order valence-electron chi connectivity index (χ3n) is 6.24. The zero-order chi connectivity index (χ0) is 23.2. The van der Waals surface area contributed by atoms with Crippen molar-refractivity contribution in [3.63, 3.8) is 0 Å². The van der Waals surface area contributed by atoms with E-state index >= 15 is 0 Å². The predicted octanol–water partition coefficient (Wildman–Crippen LogP) is 5.58. The van der Waals surface area contributed by atoms with Crippen molar-refractivity contribution in [2.24, 2.45) is 5.92 Å². The van der Waals surface area contributed by atoms with Gasteiger partial charge < -0.3 is 15.4 Å². The van der Waals surface area contributed by atoms with Crippen LogP contribution in [0.1, 0.15) is 55.1 Å². The predicted molar refractivity (Wildman–Crippen MR) is 132 cm³/mol. The number of fused-ring (bicyclic) bond motifs is 1. The van der Waals surface area contributed by atoms with Crippen LogP contribution in [-0.2, 0) is 17.9 Å². The highest BCUT2D eigenvalue weighted by atomic mass is 16.5. The van der Waals surface area contributed by atoms with Crippen molar-refractivity contribution in [1.29, 1.82) is 0 Å². The molecular formula is C27H32N4O2. The number of aromatic nitrogens is 2. The standard InChI is InChI=1S/C27H32N4O2/c1-4-13-28-23-15-19(3)31-26-21(23)10-7-11-25(26)33-17-22-18(2)12-14-29-24(22)16-30-27(32)20-8-5-6-9-20/h4,7,10-15,20H,5-6,8-9,16-17H2,1-3H3,(H,28,31)(H,30,32)/b13-4-. The van der Waals surface area contributed by atoms with Crippen LogP contribution in [0.15, 0.2) is 48.8 Å². The van der Waals surface area contributed by atoms with Gasteiger partial charge in [0.15, 0.2) is 0 Å². The van der Waals surface area contributed by atoms with E-state index in [1.165, 1.54) is 0 Å². The Hall–Kier alpha value is -3.41. The van der Waals surface area contributed by atoms with Crippen LogP contribution < -0.4 is 15.4 Å². The number of nitrogens with one attached hydrogen (secondary N) is 2. The van der Waals surface area contributed by atoms with Gasteiger partial charge in [-0.2, -0.15) is 0 Å². The van der Waals surface area contributed by atoms with Crippen molar-refractivity contribution in [1.82, 2.24) is 15.3 Å². The van der Waals surface area contributed by atoms with E-state index in [0.717, 1.165) is 70.5 Å². The molecule has 1 aromatic carbocycles. The van der Waals surface area contributed by atoms with Gasteiger partial charge in [0.25, 0.3) is 0 Å². The number of anilines is 1. The summed E-state index contributed by atoms with van der Waals surface area (Å²) in [7, 11) is 0. The van der Waals surface area contributed by atoms with E-state index in [1.54, 1.807) is 6.20 Å². The Labute approximate surface area is 195 Å². The molecule has 1 saturated carbocycles. The second kappa shape index (κ2) is 10.5. The molecule has 0 saturated heterocycles. The van der Waals surface area contributed by atoms with Gasteiger partial charge in [-0.1, -0.05) is 31.1 Å². The number of hydrogen-bond donors (Lipinski definition) is 2. The van der Waals surface area contributed by atoms with Gasteiger partial charge in [-0.15, -0.1) is 0 Å². The Bertz CT molecular complexity index is 1170. The Balaban J connectivity index is 1.54. The normalized spacial score (nSPS) is 14.2. The van der Waals surface area contributed by atoms with Gasteiger partial charge >= 0.3 is 0 Å². The lowest BCUT2D eigenvalue weighted by Crippen LogP contribution is -2.29. The minimum absolute atomic E-state index is 0.137. The molecule has 0 atom stereocenters. The molecule has 1 aliphatic carbocycles. The number of pyridine rings is 2. The number of hydrogen-bond acceptors (Lipinski definition) is 5. The highest BCUT2D eigenvalue weighted by Gasteiger charge is 2.22. The van der Waals surface area contributed by atoms with Crippen LogP contribution in [0.3, 0.4) is 0 Å². The van der Waals surface area contributed by atoms with Gasteiger partial charge in [-0.25, -0.2) is 4.98 Å². The smallest absolute Gasteiger partial charge is 0.223 e. The number of carbonyl (C=O) groups excluding carboxylic acids is 1. The maximum absolute atomic E-state index is 12.5. The number of rotatable bonds is 8. The Morgan fingerprint density at radius 3 is 2.82 bits per heavy atom. The summed E-state index contributed by atoms with van der Waals surface area (Å²) in [6.45, 7) is 6.78. The summed E-state index contributed by atoms with van der Waals surface area (Å²) in [5.41, 5.74) is 5.67. The first-order valence-corrected chi connectivity index (χ1v) is 11.7. The quantitative estimate of drug-likeness (QED) is 0.474. The molecule has 0 bridgehead atoms. The van der Waals surface area contributed by atoms with Crippen LogP contribution in [0.2, 0.25) is 0 Å². The van der Waals surface area contributed by atoms with Crippen LogP contribution in [0.4, 0.5) is 5.69 Å². The first-order chi connectivity index (χ1) is 16.1. The van der Waals surface area contributed by atoms with Crippen molar-refractivity contribution < 1.29 is 9.53 Å². The molecule has 0 unspecified atom stereocenters. The Morgan fingerprint density at radius 1 is 1.21 bits per heavy atom.